The Morgan fingerprint density at radius 3 is 2.84 bits per heavy atom. The van der Waals surface area contributed by atoms with Crippen molar-refractivity contribution in [3.63, 3.8) is 0 Å². The van der Waals surface area contributed by atoms with Gasteiger partial charge in [0.25, 0.3) is 17.4 Å². The Morgan fingerprint density at radius 1 is 1.16 bits per heavy atom. The number of amides is 2. The Labute approximate surface area is 185 Å². The molecule has 168 valence electrons. The molecule has 32 heavy (non-hydrogen) atoms. The minimum absolute atomic E-state index is 0.0130. The van der Waals surface area contributed by atoms with Crippen LogP contribution in [-0.2, 0) is 22.5 Å². The SMILES string of the molecule is O=C(c1cccnc1)N1CCc2c(nc([C@H]3CCCCN3C(=O)[C@H]3CCCO3)[nH]c2=O)C1. The molecule has 2 fully saturated rings. The van der Waals surface area contributed by atoms with Crippen LogP contribution in [0.4, 0.5) is 0 Å². The maximum Gasteiger partial charge on any atom is 0.255 e. The van der Waals surface area contributed by atoms with Crippen LogP contribution in [0.25, 0.3) is 0 Å². The van der Waals surface area contributed by atoms with Gasteiger partial charge in [0, 0.05) is 37.7 Å². The second-order valence-corrected chi connectivity index (χ2v) is 8.64. The van der Waals surface area contributed by atoms with Crippen molar-refractivity contribution in [1.82, 2.24) is 24.8 Å². The number of aromatic nitrogens is 3. The molecule has 0 aromatic carbocycles. The van der Waals surface area contributed by atoms with Gasteiger partial charge in [-0.2, -0.15) is 0 Å². The third-order valence-electron chi connectivity index (χ3n) is 6.59. The number of ether oxygens (including phenoxy) is 1. The maximum absolute atomic E-state index is 13.1. The molecule has 0 spiro atoms. The fourth-order valence-electron chi connectivity index (χ4n) is 4.90. The van der Waals surface area contributed by atoms with Crippen molar-refractivity contribution in [3.05, 3.63) is 57.5 Å². The zero-order valence-corrected chi connectivity index (χ0v) is 18.0. The van der Waals surface area contributed by atoms with Crippen molar-refractivity contribution in [2.24, 2.45) is 0 Å². The number of pyridine rings is 1. The molecular formula is C23H27N5O4. The number of nitrogens with one attached hydrogen (secondary N) is 1. The molecule has 5 rings (SSSR count). The number of carbonyl (C=O) groups excluding carboxylic acids is 2. The first-order chi connectivity index (χ1) is 15.6. The van der Waals surface area contributed by atoms with Crippen molar-refractivity contribution in [1.29, 1.82) is 0 Å². The first-order valence-corrected chi connectivity index (χ1v) is 11.3. The number of likely N-dealkylation sites (tertiary alicyclic amines) is 1. The summed E-state index contributed by atoms with van der Waals surface area (Å²) in [5.74, 6) is 0.372. The van der Waals surface area contributed by atoms with Crippen molar-refractivity contribution in [2.75, 3.05) is 19.7 Å². The quantitative estimate of drug-likeness (QED) is 0.781. The second kappa shape index (κ2) is 8.82. The molecule has 5 heterocycles. The van der Waals surface area contributed by atoms with Gasteiger partial charge in [-0.1, -0.05) is 0 Å². The summed E-state index contributed by atoms with van der Waals surface area (Å²) < 4.78 is 5.62. The van der Waals surface area contributed by atoms with E-state index in [1.165, 1.54) is 0 Å². The minimum Gasteiger partial charge on any atom is -0.368 e. The van der Waals surface area contributed by atoms with Crippen LogP contribution < -0.4 is 5.56 Å². The van der Waals surface area contributed by atoms with E-state index in [2.05, 4.69) is 9.97 Å². The normalized spacial score (nSPS) is 23.1. The Morgan fingerprint density at radius 2 is 2.06 bits per heavy atom. The number of fused-ring (bicyclic) bond motifs is 1. The van der Waals surface area contributed by atoms with Gasteiger partial charge in [0.1, 0.15) is 11.9 Å². The predicted molar refractivity (Wildman–Crippen MR) is 115 cm³/mol. The summed E-state index contributed by atoms with van der Waals surface area (Å²) in [6.45, 7) is 1.98. The molecule has 0 aliphatic carbocycles. The minimum atomic E-state index is -0.396. The molecule has 2 aromatic heterocycles. The predicted octanol–water partition coefficient (Wildman–Crippen LogP) is 1.60. The van der Waals surface area contributed by atoms with E-state index in [-0.39, 0.29) is 30.0 Å². The van der Waals surface area contributed by atoms with Crippen LogP contribution in [0.3, 0.4) is 0 Å². The second-order valence-electron chi connectivity index (χ2n) is 8.64. The van der Waals surface area contributed by atoms with Crippen LogP contribution in [0.2, 0.25) is 0 Å². The number of hydrogen-bond donors (Lipinski definition) is 1. The summed E-state index contributed by atoms with van der Waals surface area (Å²) in [6, 6.07) is 3.19. The largest absolute Gasteiger partial charge is 0.368 e. The maximum atomic E-state index is 13.1. The van der Waals surface area contributed by atoms with Gasteiger partial charge in [-0.15, -0.1) is 0 Å². The average Bonchev–Trinajstić information content (AvgIpc) is 3.38. The molecule has 0 radical (unpaired) electrons. The van der Waals surface area contributed by atoms with Crippen LogP contribution in [-0.4, -0.2) is 62.4 Å². The zero-order chi connectivity index (χ0) is 22.1. The molecule has 3 aliphatic rings. The van der Waals surface area contributed by atoms with Gasteiger partial charge in [0.15, 0.2) is 0 Å². The number of rotatable bonds is 3. The number of aromatic amines is 1. The molecule has 2 saturated heterocycles. The lowest BCUT2D eigenvalue weighted by atomic mass is 9.99. The standard InChI is InChI=1S/C23H27N5O4/c29-21-16-8-11-27(22(30)15-5-3-9-24-13-15)14-17(16)25-20(26-21)18-6-1-2-10-28(18)23(31)19-7-4-12-32-19/h3,5,9,13,18-19H,1-2,4,6-8,10-12,14H2,(H,25,26,29)/t18-,19-/m1/s1. The molecule has 3 aliphatic heterocycles. The number of H-pyrrole nitrogens is 1. The molecule has 9 heteroatoms. The van der Waals surface area contributed by atoms with Crippen LogP contribution in [0.1, 0.15) is 65.6 Å². The Kier molecular flexibility index (Phi) is 5.73. The molecule has 0 unspecified atom stereocenters. The fraction of sp³-hybridized carbons (Fsp3) is 0.522. The van der Waals surface area contributed by atoms with Crippen molar-refractivity contribution < 1.29 is 14.3 Å². The Hall–Kier alpha value is -3.07. The highest BCUT2D eigenvalue weighted by molar-refractivity contribution is 5.94. The number of nitrogens with zero attached hydrogens (tertiary/aromatic N) is 4. The van der Waals surface area contributed by atoms with E-state index in [4.69, 9.17) is 9.72 Å². The zero-order valence-electron chi connectivity index (χ0n) is 18.0. The molecule has 1 N–H and O–H groups in total. The van der Waals surface area contributed by atoms with Gasteiger partial charge in [-0.25, -0.2) is 4.98 Å². The lowest BCUT2D eigenvalue weighted by Crippen LogP contribution is -2.45. The molecule has 0 saturated carbocycles. The van der Waals surface area contributed by atoms with Gasteiger partial charge < -0.3 is 19.5 Å². The fourth-order valence-corrected chi connectivity index (χ4v) is 4.90. The van der Waals surface area contributed by atoms with Crippen LogP contribution in [0, 0.1) is 0 Å². The summed E-state index contributed by atoms with van der Waals surface area (Å²) in [7, 11) is 0. The lowest BCUT2D eigenvalue weighted by molar-refractivity contribution is -0.145. The van der Waals surface area contributed by atoms with Gasteiger partial charge in [0.2, 0.25) is 0 Å². The average molecular weight is 438 g/mol. The number of hydrogen-bond acceptors (Lipinski definition) is 6. The Balaban J connectivity index is 1.41. The van der Waals surface area contributed by atoms with E-state index < -0.39 is 6.10 Å². The van der Waals surface area contributed by atoms with Gasteiger partial charge >= 0.3 is 0 Å². The van der Waals surface area contributed by atoms with E-state index in [1.54, 1.807) is 29.4 Å². The van der Waals surface area contributed by atoms with Crippen molar-refractivity contribution in [3.8, 4) is 0 Å². The third-order valence-corrected chi connectivity index (χ3v) is 6.59. The summed E-state index contributed by atoms with van der Waals surface area (Å²) in [4.78, 5) is 54.1. The van der Waals surface area contributed by atoms with Crippen molar-refractivity contribution >= 4 is 11.8 Å². The number of piperidine rings is 1. The highest BCUT2D eigenvalue weighted by Gasteiger charge is 2.36. The van der Waals surface area contributed by atoms with Crippen LogP contribution in [0.5, 0.6) is 0 Å². The monoisotopic (exact) mass is 437 g/mol. The number of carbonyl (C=O) groups is 2. The summed E-state index contributed by atoms with van der Waals surface area (Å²) in [6.07, 6.45) is 7.50. The van der Waals surface area contributed by atoms with E-state index in [0.29, 0.717) is 48.8 Å². The smallest absolute Gasteiger partial charge is 0.255 e. The van der Waals surface area contributed by atoms with Crippen molar-refractivity contribution in [2.45, 2.75) is 57.2 Å². The molecule has 0 bridgehead atoms. The summed E-state index contributed by atoms with van der Waals surface area (Å²) in [5, 5.41) is 0. The summed E-state index contributed by atoms with van der Waals surface area (Å²) >= 11 is 0. The van der Waals surface area contributed by atoms with E-state index in [9.17, 15) is 14.4 Å². The lowest BCUT2D eigenvalue weighted by Gasteiger charge is -2.37. The van der Waals surface area contributed by atoms with E-state index >= 15 is 0 Å². The first-order valence-electron chi connectivity index (χ1n) is 11.3. The van der Waals surface area contributed by atoms with Gasteiger partial charge in [0.05, 0.1) is 23.8 Å². The molecular weight excluding hydrogens is 410 g/mol. The Bertz CT molecular complexity index is 1060. The molecule has 2 atom stereocenters. The van der Waals surface area contributed by atoms with Gasteiger partial charge in [-0.05, 0) is 50.7 Å². The summed E-state index contributed by atoms with van der Waals surface area (Å²) in [5.41, 5.74) is 1.58. The molecule has 9 nitrogen and oxygen atoms in total. The topological polar surface area (TPSA) is 108 Å². The molecule has 2 aromatic rings. The highest BCUT2D eigenvalue weighted by atomic mass is 16.5. The first kappa shape index (κ1) is 20.8. The van der Waals surface area contributed by atoms with Crippen LogP contribution in [0.15, 0.2) is 29.3 Å². The van der Waals surface area contributed by atoms with E-state index in [1.807, 2.05) is 4.90 Å². The van der Waals surface area contributed by atoms with Crippen LogP contribution >= 0.6 is 0 Å². The van der Waals surface area contributed by atoms with Gasteiger partial charge in [-0.3, -0.25) is 19.4 Å². The third kappa shape index (κ3) is 3.92. The molecule has 2 amide bonds. The highest BCUT2D eigenvalue weighted by Crippen LogP contribution is 2.31. The van der Waals surface area contributed by atoms with E-state index in [0.717, 1.165) is 32.1 Å².